The average molecular weight is 365 g/mol. The Morgan fingerprint density at radius 1 is 0.615 bits per heavy atom. The molecule has 0 aromatic heterocycles. The van der Waals surface area contributed by atoms with Gasteiger partial charge in [0.15, 0.2) is 0 Å². The first-order chi connectivity index (χ1) is 12.6. The molecular formula is C25H48O. The minimum Gasteiger partial charge on any atom is -0.381 e. The molecule has 0 radical (unpaired) electrons. The average Bonchev–Trinajstić information content (AvgIpc) is 2.59. The molecule has 0 aliphatic heterocycles. The summed E-state index contributed by atoms with van der Waals surface area (Å²) in [6.45, 7) is 11.1. The molecule has 0 aliphatic carbocycles. The molecule has 0 fully saturated rings. The van der Waals surface area contributed by atoms with E-state index in [1.807, 2.05) is 0 Å². The molecule has 0 saturated heterocycles. The lowest BCUT2D eigenvalue weighted by Crippen LogP contribution is -2.07. The van der Waals surface area contributed by atoms with Crippen LogP contribution in [0.4, 0.5) is 0 Å². The maximum absolute atomic E-state index is 5.73. The number of hydrogen-bond acceptors (Lipinski definition) is 1. The van der Waals surface area contributed by atoms with E-state index in [2.05, 4.69) is 52.0 Å². The van der Waals surface area contributed by atoms with E-state index in [1.54, 1.807) is 0 Å². The van der Waals surface area contributed by atoms with Gasteiger partial charge in [-0.3, -0.25) is 0 Å². The maximum atomic E-state index is 5.73. The van der Waals surface area contributed by atoms with Crippen molar-refractivity contribution in [3.05, 3.63) is 24.3 Å². The van der Waals surface area contributed by atoms with Crippen molar-refractivity contribution in [1.29, 1.82) is 0 Å². The van der Waals surface area contributed by atoms with Crippen molar-refractivity contribution in [3.63, 3.8) is 0 Å². The zero-order valence-corrected chi connectivity index (χ0v) is 18.5. The van der Waals surface area contributed by atoms with Crippen molar-refractivity contribution in [3.8, 4) is 0 Å². The molecule has 0 bridgehead atoms. The maximum Gasteiger partial charge on any atom is 0.0466 e. The molecular weight excluding hydrogens is 316 g/mol. The Labute approximate surface area is 165 Å². The van der Waals surface area contributed by atoms with E-state index in [0.717, 1.165) is 19.6 Å². The van der Waals surface area contributed by atoms with Crippen LogP contribution in [0.5, 0.6) is 0 Å². The Morgan fingerprint density at radius 3 is 1.77 bits per heavy atom. The van der Waals surface area contributed by atoms with Gasteiger partial charge in [0.2, 0.25) is 0 Å². The first-order valence-electron chi connectivity index (χ1n) is 11.4. The molecule has 0 unspecified atom stereocenters. The monoisotopic (exact) mass is 364 g/mol. The van der Waals surface area contributed by atoms with Crippen LogP contribution in [0.3, 0.4) is 0 Å². The Kier molecular flexibility index (Phi) is 18.8. The van der Waals surface area contributed by atoms with E-state index in [1.165, 1.54) is 83.5 Å². The fourth-order valence-electron chi connectivity index (χ4n) is 3.00. The van der Waals surface area contributed by atoms with Gasteiger partial charge in [-0.15, -0.1) is 0 Å². The normalized spacial score (nSPS) is 12.6. The fourth-order valence-corrected chi connectivity index (χ4v) is 3.00. The Bertz CT molecular complexity index is 322. The second-order valence-electron chi connectivity index (χ2n) is 8.86. The molecule has 154 valence electrons. The summed E-state index contributed by atoms with van der Waals surface area (Å²) in [6, 6.07) is 0. The highest BCUT2D eigenvalue weighted by molar-refractivity contribution is 4.92. The van der Waals surface area contributed by atoms with Gasteiger partial charge in [0, 0.05) is 13.2 Å². The minimum absolute atomic E-state index is 0.448. The zero-order chi connectivity index (χ0) is 19.3. The smallest absolute Gasteiger partial charge is 0.0466 e. The van der Waals surface area contributed by atoms with Gasteiger partial charge < -0.3 is 4.74 Å². The predicted molar refractivity (Wildman–Crippen MR) is 119 cm³/mol. The van der Waals surface area contributed by atoms with Crippen LogP contribution in [0, 0.1) is 5.41 Å². The Balaban J connectivity index is 3.16. The molecule has 0 heterocycles. The lowest BCUT2D eigenvalue weighted by Gasteiger charge is -2.17. The molecule has 0 atom stereocenters. The van der Waals surface area contributed by atoms with Crippen molar-refractivity contribution in [2.45, 2.75) is 118 Å². The first-order valence-corrected chi connectivity index (χ1v) is 11.4. The van der Waals surface area contributed by atoms with Crippen molar-refractivity contribution in [1.82, 2.24) is 0 Å². The summed E-state index contributed by atoms with van der Waals surface area (Å²) in [5, 5.41) is 0. The van der Waals surface area contributed by atoms with Crippen molar-refractivity contribution in [2.24, 2.45) is 5.41 Å². The molecule has 0 N–H and O–H groups in total. The summed E-state index contributed by atoms with van der Waals surface area (Å²) in [5.74, 6) is 0. The second-order valence-corrected chi connectivity index (χ2v) is 8.86. The molecule has 0 aromatic carbocycles. The zero-order valence-electron chi connectivity index (χ0n) is 18.5. The lowest BCUT2D eigenvalue weighted by molar-refractivity contribution is 0.118. The molecule has 0 aliphatic rings. The first kappa shape index (κ1) is 25.4. The quantitative estimate of drug-likeness (QED) is 0.175. The topological polar surface area (TPSA) is 9.23 Å². The van der Waals surface area contributed by atoms with E-state index < -0.39 is 0 Å². The molecule has 0 spiro atoms. The third kappa shape index (κ3) is 23.4. The highest BCUT2D eigenvalue weighted by atomic mass is 16.5. The van der Waals surface area contributed by atoms with Crippen molar-refractivity contribution in [2.75, 3.05) is 13.2 Å². The van der Waals surface area contributed by atoms with Gasteiger partial charge in [-0.25, -0.2) is 0 Å². The lowest BCUT2D eigenvalue weighted by atomic mass is 9.91. The summed E-state index contributed by atoms with van der Waals surface area (Å²) < 4.78 is 5.73. The van der Waals surface area contributed by atoms with Crippen LogP contribution < -0.4 is 0 Å². The molecule has 0 aromatic rings. The number of allylic oxidation sites excluding steroid dienone is 4. The summed E-state index contributed by atoms with van der Waals surface area (Å²) in [6.07, 6.45) is 27.5. The van der Waals surface area contributed by atoms with Crippen molar-refractivity contribution >= 4 is 0 Å². The van der Waals surface area contributed by atoms with Gasteiger partial charge in [-0.2, -0.15) is 0 Å². The number of ether oxygens (including phenoxy) is 1. The Morgan fingerprint density at radius 2 is 1.15 bits per heavy atom. The molecule has 0 rings (SSSR count). The molecule has 1 heteroatoms. The minimum atomic E-state index is 0.448. The summed E-state index contributed by atoms with van der Waals surface area (Å²) in [5.41, 5.74) is 0.448. The van der Waals surface area contributed by atoms with Crippen LogP contribution >= 0.6 is 0 Å². The van der Waals surface area contributed by atoms with E-state index in [9.17, 15) is 0 Å². The highest BCUT2D eigenvalue weighted by Crippen LogP contribution is 2.20. The fraction of sp³-hybridized carbons (Fsp3) is 0.840. The van der Waals surface area contributed by atoms with Gasteiger partial charge in [0.25, 0.3) is 0 Å². The second kappa shape index (κ2) is 19.2. The van der Waals surface area contributed by atoms with Gasteiger partial charge >= 0.3 is 0 Å². The third-order valence-electron chi connectivity index (χ3n) is 4.70. The standard InChI is InChI=1S/C25H48O/c1-5-6-7-8-9-10-11-12-13-14-15-16-17-18-19-20-23-26-24-21-22-25(2,3)4/h9-10,12-13H,5-8,11,14-24H2,1-4H3/b10-9-,13-12-. The van der Waals surface area contributed by atoms with Crippen LogP contribution in [0.15, 0.2) is 24.3 Å². The largest absolute Gasteiger partial charge is 0.381 e. The number of hydrogen-bond donors (Lipinski definition) is 0. The Hall–Kier alpha value is -0.560. The molecule has 26 heavy (non-hydrogen) atoms. The van der Waals surface area contributed by atoms with Crippen LogP contribution in [0.2, 0.25) is 0 Å². The molecule has 1 nitrogen and oxygen atoms in total. The van der Waals surface area contributed by atoms with Gasteiger partial charge in [-0.1, -0.05) is 90.5 Å². The van der Waals surface area contributed by atoms with E-state index in [-0.39, 0.29) is 0 Å². The summed E-state index contributed by atoms with van der Waals surface area (Å²) in [4.78, 5) is 0. The van der Waals surface area contributed by atoms with Gasteiger partial charge in [0.1, 0.15) is 0 Å². The predicted octanol–water partition coefficient (Wildman–Crippen LogP) is 8.64. The summed E-state index contributed by atoms with van der Waals surface area (Å²) in [7, 11) is 0. The highest BCUT2D eigenvalue weighted by Gasteiger charge is 2.08. The SMILES string of the molecule is CCCCC/C=C\C/C=C\CCCCCCCCOCCCC(C)(C)C. The van der Waals surface area contributed by atoms with E-state index >= 15 is 0 Å². The molecule has 0 amide bonds. The third-order valence-corrected chi connectivity index (χ3v) is 4.70. The summed E-state index contributed by atoms with van der Waals surface area (Å²) >= 11 is 0. The van der Waals surface area contributed by atoms with Crippen LogP contribution in [-0.4, -0.2) is 13.2 Å². The van der Waals surface area contributed by atoms with E-state index in [0.29, 0.717) is 5.41 Å². The number of rotatable bonds is 18. The van der Waals surface area contributed by atoms with Gasteiger partial charge in [0.05, 0.1) is 0 Å². The van der Waals surface area contributed by atoms with Crippen LogP contribution in [-0.2, 0) is 4.74 Å². The molecule has 0 saturated carbocycles. The van der Waals surface area contributed by atoms with Gasteiger partial charge in [-0.05, 0) is 56.8 Å². The van der Waals surface area contributed by atoms with E-state index in [4.69, 9.17) is 4.74 Å². The number of unbranched alkanes of at least 4 members (excludes halogenated alkanes) is 9. The van der Waals surface area contributed by atoms with Crippen LogP contribution in [0.25, 0.3) is 0 Å². The van der Waals surface area contributed by atoms with Crippen molar-refractivity contribution < 1.29 is 4.74 Å². The van der Waals surface area contributed by atoms with Crippen LogP contribution in [0.1, 0.15) is 118 Å².